The van der Waals surface area contributed by atoms with Crippen molar-refractivity contribution < 1.29 is 9.84 Å². The minimum atomic E-state index is -0.451. The summed E-state index contributed by atoms with van der Waals surface area (Å²) in [4.78, 5) is 6.54. The molecule has 16 heavy (non-hydrogen) atoms. The third-order valence-electron chi connectivity index (χ3n) is 2.78. The lowest BCUT2D eigenvalue weighted by Gasteiger charge is -2.32. The molecule has 1 fully saturated rings. The Morgan fingerprint density at radius 2 is 2.56 bits per heavy atom. The van der Waals surface area contributed by atoms with Crippen LogP contribution in [0.15, 0.2) is 5.38 Å². The first-order valence-electron chi connectivity index (χ1n) is 5.54. The van der Waals surface area contributed by atoms with Gasteiger partial charge in [-0.2, -0.15) is 0 Å². The van der Waals surface area contributed by atoms with Gasteiger partial charge in [0.25, 0.3) is 0 Å². The number of morpholine rings is 1. The molecule has 1 aliphatic heterocycles. The van der Waals surface area contributed by atoms with Gasteiger partial charge < -0.3 is 14.7 Å². The summed E-state index contributed by atoms with van der Waals surface area (Å²) in [5, 5.41) is 13.1. The van der Waals surface area contributed by atoms with Gasteiger partial charge in [0.15, 0.2) is 0 Å². The summed E-state index contributed by atoms with van der Waals surface area (Å²) in [6, 6.07) is 0. The van der Waals surface area contributed by atoms with Gasteiger partial charge in [-0.05, 0) is 14.0 Å². The number of aromatic nitrogens is 1. The summed E-state index contributed by atoms with van der Waals surface area (Å²) in [7, 11) is 2.05. The second-order valence-corrected chi connectivity index (χ2v) is 5.27. The van der Waals surface area contributed by atoms with Crippen LogP contribution in [-0.4, -0.2) is 53.9 Å². The molecule has 0 amide bonds. The molecular weight excluding hydrogens is 224 g/mol. The SMILES string of the molecule is Cc1csc(CC(O)C2CN(C)CCO2)n1. The van der Waals surface area contributed by atoms with E-state index >= 15 is 0 Å². The van der Waals surface area contributed by atoms with Crippen LogP contribution in [-0.2, 0) is 11.2 Å². The number of aryl methyl sites for hydroxylation is 1. The van der Waals surface area contributed by atoms with Gasteiger partial charge >= 0.3 is 0 Å². The van der Waals surface area contributed by atoms with Crippen LogP contribution in [0.3, 0.4) is 0 Å². The van der Waals surface area contributed by atoms with Crippen LogP contribution in [0.2, 0.25) is 0 Å². The van der Waals surface area contributed by atoms with E-state index in [1.165, 1.54) is 0 Å². The van der Waals surface area contributed by atoms with E-state index in [9.17, 15) is 5.11 Å². The standard InChI is InChI=1S/C11H18N2O2S/c1-8-7-16-11(12-8)5-9(14)10-6-13(2)3-4-15-10/h7,9-10,14H,3-6H2,1-2H3. The smallest absolute Gasteiger partial charge is 0.0965 e. The van der Waals surface area contributed by atoms with Gasteiger partial charge in [-0.15, -0.1) is 11.3 Å². The average Bonchev–Trinajstić information content (AvgIpc) is 2.64. The Hall–Kier alpha value is -0.490. The quantitative estimate of drug-likeness (QED) is 0.847. The zero-order valence-electron chi connectivity index (χ0n) is 9.72. The summed E-state index contributed by atoms with van der Waals surface area (Å²) in [6.07, 6.45) is 0.0630. The molecule has 2 rings (SSSR count). The summed E-state index contributed by atoms with van der Waals surface area (Å²) < 4.78 is 5.57. The first kappa shape index (κ1) is 12.0. The number of aliphatic hydroxyl groups is 1. The lowest BCUT2D eigenvalue weighted by atomic mass is 10.1. The number of hydrogen-bond acceptors (Lipinski definition) is 5. The molecule has 0 aliphatic carbocycles. The predicted octanol–water partition coefficient (Wildman–Crippen LogP) is 0.686. The molecule has 1 aromatic rings. The summed E-state index contributed by atoms with van der Waals surface area (Å²) in [6.45, 7) is 4.41. The van der Waals surface area contributed by atoms with Crippen molar-refractivity contribution in [2.75, 3.05) is 26.7 Å². The highest BCUT2D eigenvalue weighted by atomic mass is 32.1. The van der Waals surface area contributed by atoms with E-state index in [1.807, 2.05) is 12.3 Å². The highest BCUT2D eigenvalue weighted by Crippen LogP contribution is 2.15. The summed E-state index contributed by atoms with van der Waals surface area (Å²) in [5.41, 5.74) is 1.02. The molecule has 5 heteroatoms. The summed E-state index contributed by atoms with van der Waals surface area (Å²) in [5.74, 6) is 0. The maximum atomic E-state index is 10.1. The number of likely N-dealkylation sites (N-methyl/N-ethyl adjacent to an activating group) is 1. The lowest BCUT2D eigenvalue weighted by molar-refractivity contribution is -0.0823. The third kappa shape index (κ3) is 3.01. The minimum Gasteiger partial charge on any atom is -0.390 e. The van der Waals surface area contributed by atoms with E-state index in [-0.39, 0.29) is 6.10 Å². The Morgan fingerprint density at radius 3 is 3.19 bits per heavy atom. The second kappa shape index (κ2) is 5.23. The van der Waals surface area contributed by atoms with Crippen molar-refractivity contribution in [1.29, 1.82) is 0 Å². The zero-order chi connectivity index (χ0) is 11.5. The predicted molar refractivity (Wildman–Crippen MR) is 63.8 cm³/mol. The second-order valence-electron chi connectivity index (χ2n) is 4.33. The molecular formula is C11H18N2O2S. The van der Waals surface area contributed by atoms with Crippen molar-refractivity contribution in [1.82, 2.24) is 9.88 Å². The maximum Gasteiger partial charge on any atom is 0.0965 e. The van der Waals surface area contributed by atoms with Crippen molar-refractivity contribution in [3.8, 4) is 0 Å². The van der Waals surface area contributed by atoms with Crippen LogP contribution in [0.25, 0.3) is 0 Å². The van der Waals surface area contributed by atoms with Crippen molar-refractivity contribution in [2.24, 2.45) is 0 Å². The van der Waals surface area contributed by atoms with Gasteiger partial charge in [-0.25, -0.2) is 4.98 Å². The normalized spacial score (nSPS) is 24.6. The fourth-order valence-electron chi connectivity index (χ4n) is 1.85. The Morgan fingerprint density at radius 1 is 1.75 bits per heavy atom. The van der Waals surface area contributed by atoms with Crippen molar-refractivity contribution in [3.63, 3.8) is 0 Å². The highest BCUT2D eigenvalue weighted by Gasteiger charge is 2.25. The Kier molecular flexibility index (Phi) is 3.91. The van der Waals surface area contributed by atoms with Crippen LogP contribution in [0, 0.1) is 6.92 Å². The van der Waals surface area contributed by atoms with E-state index < -0.39 is 6.10 Å². The fraction of sp³-hybridized carbons (Fsp3) is 0.727. The molecule has 0 radical (unpaired) electrons. The molecule has 4 nitrogen and oxygen atoms in total. The first-order chi connectivity index (χ1) is 7.65. The largest absolute Gasteiger partial charge is 0.390 e. The molecule has 0 bridgehead atoms. The van der Waals surface area contributed by atoms with Gasteiger partial charge in [0.2, 0.25) is 0 Å². The van der Waals surface area contributed by atoms with Crippen molar-refractivity contribution in [2.45, 2.75) is 25.6 Å². The number of rotatable bonds is 3. The molecule has 90 valence electrons. The number of ether oxygens (including phenoxy) is 1. The zero-order valence-corrected chi connectivity index (χ0v) is 10.5. The third-order valence-corrected chi connectivity index (χ3v) is 3.77. The van der Waals surface area contributed by atoms with Gasteiger partial charge in [-0.1, -0.05) is 0 Å². The average molecular weight is 242 g/mol. The molecule has 0 saturated carbocycles. The molecule has 2 unspecified atom stereocenters. The van der Waals surface area contributed by atoms with Crippen LogP contribution < -0.4 is 0 Å². The number of thiazole rings is 1. The van der Waals surface area contributed by atoms with E-state index in [1.54, 1.807) is 11.3 Å². The molecule has 2 atom stereocenters. The van der Waals surface area contributed by atoms with Crippen LogP contribution in [0.5, 0.6) is 0 Å². The lowest BCUT2D eigenvalue weighted by Crippen LogP contribution is -2.46. The van der Waals surface area contributed by atoms with Gasteiger partial charge in [0.05, 0.1) is 23.8 Å². The Labute approximate surface area is 99.9 Å². The Bertz CT molecular complexity index is 342. The Balaban J connectivity index is 1.89. The first-order valence-corrected chi connectivity index (χ1v) is 6.42. The van der Waals surface area contributed by atoms with Crippen molar-refractivity contribution >= 4 is 11.3 Å². The minimum absolute atomic E-state index is 0.0806. The molecule has 1 aromatic heterocycles. The van der Waals surface area contributed by atoms with E-state index in [0.717, 1.165) is 23.8 Å². The molecule has 2 heterocycles. The van der Waals surface area contributed by atoms with E-state index in [2.05, 4.69) is 16.9 Å². The molecule has 1 saturated heterocycles. The number of hydrogen-bond donors (Lipinski definition) is 1. The van der Waals surface area contributed by atoms with Gasteiger partial charge in [0.1, 0.15) is 0 Å². The van der Waals surface area contributed by atoms with Crippen LogP contribution in [0.4, 0.5) is 0 Å². The number of nitrogens with zero attached hydrogens (tertiary/aromatic N) is 2. The summed E-state index contributed by atoms with van der Waals surface area (Å²) >= 11 is 1.60. The monoisotopic (exact) mass is 242 g/mol. The van der Waals surface area contributed by atoms with Gasteiger partial charge in [0, 0.05) is 30.6 Å². The van der Waals surface area contributed by atoms with E-state index in [0.29, 0.717) is 13.0 Å². The maximum absolute atomic E-state index is 10.1. The highest BCUT2D eigenvalue weighted by molar-refractivity contribution is 7.09. The van der Waals surface area contributed by atoms with Crippen molar-refractivity contribution in [3.05, 3.63) is 16.1 Å². The van der Waals surface area contributed by atoms with Gasteiger partial charge in [-0.3, -0.25) is 0 Å². The van der Waals surface area contributed by atoms with Crippen LogP contribution in [0.1, 0.15) is 10.7 Å². The molecule has 0 aromatic carbocycles. The van der Waals surface area contributed by atoms with Crippen LogP contribution >= 0.6 is 11.3 Å². The number of aliphatic hydroxyl groups excluding tert-OH is 1. The topological polar surface area (TPSA) is 45.6 Å². The van der Waals surface area contributed by atoms with E-state index in [4.69, 9.17) is 4.74 Å². The molecule has 1 N–H and O–H groups in total. The molecule has 0 spiro atoms. The fourth-order valence-corrected chi connectivity index (χ4v) is 2.67. The molecule has 1 aliphatic rings.